The number of hydrogen-bond donors (Lipinski definition) is 1. The molecule has 0 aliphatic heterocycles. The summed E-state index contributed by atoms with van der Waals surface area (Å²) in [4.78, 5) is 12.9. The number of anilines is 2. The van der Waals surface area contributed by atoms with Crippen LogP contribution in [-0.2, 0) is 6.61 Å². The molecule has 0 saturated carbocycles. The van der Waals surface area contributed by atoms with Gasteiger partial charge in [-0.2, -0.15) is 0 Å². The lowest BCUT2D eigenvalue weighted by Crippen LogP contribution is -2.01. The number of hydrogen-bond acceptors (Lipinski definition) is 7. The number of rotatable bonds is 6. The van der Waals surface area contributed by atoms with Crippen molar-refractivity contribution in [3.8, 4) is 11.5 Å². The van der Waals surface area contributed by atoms with Crippen molar-refractivity contribution in [1.82, 2.24) is 15.0 Å². The van der Waals surface area contributed by atoms with E-state index in [1.165, 1.54) is 12.4 Å². The van der Waals surface area contributed by atoms with E-state index in [9.17, 15) is 4.39 Å². The van der Waals surface area contributed by atoms with Gasteiger partial charge in [-0.05, 0) is 31.2 Å². The lowest BCUT2D eigenvalue weighted by atomic mass is 10.2. The first-order valence-electron chi connectivity index (χ1n) is 8.62. The summed E-state index contributed by atoms with van der Waals surface area (Å²) in [5.74, 6) is 1.01. The molecule has 0 spiro atoms. The predicted octanol–water partition coefficient (Wildman–Crippen LogP) is 5.94. The van der Waals surface area contributed by atoms with E-state index in [0.29, 0.717) is 39.8 Å². The lowest BCUT2D eigenvalue weighted by molar-refractivity contribution is 0.282. The molecule has 2 heterocycles. The van der Waals surface area contributed by atoms with Crippen LogP contribution in [0.5, 0.6) is 11.5 Å². The van der Waals surface area contributed by atoms with Gasteiger partial charge in [0.2, 0.25) is 0 Å². The molecular weight excluding hydrogens is 450 g/mol. The number of nitrogens with zero attached hydrogens (tertiary/aromatic N) is 3. The van der Waals surface area contributed by atoms with Crippen LogP contribution in [0.25, 0.3) is 10.9 Å². The zero-order valence-electron chi connectivity index (χ0n) is 16.0. The van der Waals surface area contributed by atoms with Crippen molar-refractivity contribution < 1.29 is 13.9 Å². The summed E-state index contributed by atoms with van der Waals surface area (Å²) in [5.41, 5.74) is 1.73. The molecule has 4 aromatic rings. The van der Waals surface area contributed by atoms with Gasteiger partial charge < -0.3 is 14.8 Å². The molecule has 0 aliphatic rings. The van der Waals surface area contributed by atoms with E-state index in [0.717, 1.165) is 10.7 Å². The first-order valence-corrected chi connectivity index (χ1v) is 9.88. The third-order valence-electron chi connectivity index (χ3n) is 4.15. The van der Waals surface area contributed by atoms with Crippen molar-refractivity contribution in [1.29, 1.82) is 0 Å². The molecule has 0 unspecified atom stereocenters. The van der Waals surface area contributed by atoms with Crippen molar-refractivity contribution in [2.75, 3.05) is 12.4 Å². The summed E-state index contributed by atoms with van der Waals surface area (Å²) in [6, 6.07) is 7.91. The molecule has 6 nitrogen and oxygen atoms in total. The largest absolute Gasteiger partial charge is 0.493 e. The third-order valence-corrected chi connectivity index (χ3v) is 5.20. The normalized spacial score (nSPS) is 10.5. The molecule has 156 valence electrons. The van der Waals surface area contributed by atoms with Crippen molar-refractivity contribution in [3.05, 3.63) is 63.6 Å². The van der Waals surface area contributed by atoms with Gasteiger partial charge in [0.15, 0.2) is 11.5 Å². The minimum absolute atomic E-state index is 0. The van der Waals surface area contributed by atoms with Gasteiger partial charge in [-0.25, -0.2) is 19.3 Å². The van der Waals surface area contributed by atoms with E-state index in [4.69, 9.17) is 21.1 Å². The summed E-state index contributed by atoms with van der Waals surface area (Å²) < 4.78 is 25.5. The maximum absolute atomic E-state index is 14.2. The van der Waals surface area contributed by atoms with Crippen molar-refractivity contribution in [3.63, 3.8) is 0 Å². The van der Waals surface area contributed by atoms with Crippen molar-refractivity contribution in [2.24, 2.45) is 0 Å². The van der Waals surface area contributed by atoms with E-state index in [2.05, 4.69) is 20.3 Å². The van der Waals surface area contributed by atoms with E-state index >= 15 is 0 Å². The van der Waals surface area contributed by atoms with Crippen molar-refractivity contribution in [2.45, 2.75) is 13.5 Å². The van der Waals surface area contributed by atoms with Gasteiger partial charge in [0.1, 0.15) is 24.6 Å². The van der Waals surface area contributed by atoms with Gasteiger partial charge in [0.05, 0.1) is 29.0 Å². The maximum Gasteiger partial charge on any atom is 0.163 e. The number of thiazole rings is 1. The zero-order chi connectivity index (χ0) is 20.4. The zero-order valence-corrected chi connectivity index (χ0v) is 18.4. The smallest absolute Gasteiger partial charge is 0.163 e. The number of aromatic nitrogens is 3. The van der Waals surface area contributed by atoms with Crippen LogP contribution in [0.4, 0.5) is 15.9 Å². The van der Waals surface area contributed by atoms with E-state index < -0.39 is 5.82 Å². The number of nitrogens with one attached hydrogen (secondary N) is 1. The monoisotopic (exact) mass is 466 g/mol. The molecule has 0 aliphatic carbocycles. The van der Waals surface area contributed by atoms with E-state index in [-0.39, 0.29) is 18.1 Å². The second kappa shape index (κ2) is 9.42. The Bertz CT molecular complexity index is 1190. The summed E-state index contributed by atoms with van der Waals surface area (Å²) >= 11 is 7.39. The lowest BCUT2D eigenvalue weighted by Gasteiger charge is -2.13. The number of benzene rings is 2. The van der Waals surface area contributed by atoms with Crippen LogP contribution in [0.1, 0.15) is 10.7 Å². The summed E-state index contributed by atoms with van der Waals surface area (Å²) in [6.45, 7) is 2.26. The predicted molar refractivity (Wildman–Crippen MR) is 119 cm³/mol. The van der Waals surface area contributed by atoms with Crippen LogP contribution in [0, 0.1) is 12.7 Å². The number of methoxy groups -OCH3 is 1. The second-order valence-electron chi connectivity index (χ2n) is 6.14. The Hall–Kier alpha value is -2.68. The highest BCUT2D eigenvalue weighted by molar-refractivity contribution is 7.09. The molecule has 4 rings (SSSR count). The third kappa shape index (κ3) is 4.72. The van der Waals surface area contributed by atoms with Gasteiger partial charge in [-0.3, -0.25) is 0 Å². The molecule has 0 amide bonds. The molecule has 2 aromatic carbocycles. The number of fused-ring (bicyclic) bond motifs is 1. The van der Waals surface area contributed by atoms with Crippen LogP contribution < -0.4 is 14.8 Å². The van der Waals surface area contributed by atoms with Gasteiger partial charge in [0, 0.05) is 21.9 Å². The number of ether oxygens (including phenoxy) is 2. The minimum atomic E-state index is -0.477. The molecule has 0 atom stereocenters. The minimum Gasteiger partial charge on any atom is -0.493 e. The standard InChI is InChI=1S/C20H16ClFN4O2S.ClH/c1-11-25-13(9-29-11)8-28-19-7-17-14(6-18(19)27-2)20(24-10-23-17)26-16-4-3-12(21)5-15(16)22;/h3-7,9-10H,8H2,1-2H3,(H,23,24,26);1H. The molecule has 0 bridgehead atoms. The average molecular weight is 467 g/mol. The second-order valence-corrected chi connectivity index (χ2v) is 7.64. The van der Waals surface area contributed by atoms with Crippen LogP contribution in [0.2, 0.25) is 5.02 Å². The first kappa shape index (κ1) is 22.0. The maximum atomic E-state index is 14.2. The SMILES string of the molecule is COc1cc2c(Nc3ccc(Cl)cc3F)ncnc2cc1OCc1csc(C)n1.Cl. The van der Waals surface area contributed by atoms with Crippen molar-refractivity contribution >= 4 is 57.8 Å². The molecule has 10 heteroatoms. The summed E-state index contributed by atoms with van der Waals surface area (Å²) in [5, 5.41) is 6.90. The molecule has 0 fully saturated rings. The van der Waals surface area contributed by atoms with Crippen LogP contribution >= 0.6 is 35.3 Å². The van der Waals surface area contributed by atoms with Gasteiger partial charge in [-0.1, -0.05) is 11.6 Å². The number of aryl methyl sites for hydroxylation is 1. The molecule has 2 aromatic heterocycles. The number of halogens is 3. The summed E-state index contributed by atoms with van der Waals surface area (Å²) in [6.07, 6.45) is 1.40. The van der Waals surface area contributed by atoms with Crippen LogP contribution in [-0.4, -0.2) is 22.1 Å². The topological polar surface area (TPSA) is 69.2 Å². The Morgan fingerprint density at radius 2 is 2.00 bits per heavy atom. The first-order chi connectivity index (χ1) is 14.0. The fourth-order valence-corrected chi connectivity index (χ4v) is 3.54. The van der Waals surface area contributed by atoms with Gasteiger partial charge >= 0.3 is 0 Å². The van der Waals surface area contributed by atoms with E-state index in [1.54, 1.807) is 42.7 Å². The van der Waals surface area contributed by atoms with Gasteiger partial charge in [0.25, 0.3) is 0 Å². The quantitative estimate of drug-likeness (QED) is 0.379. The molecule has 0 radical (unpaired) electrons. The molecule has 1 N–H and O–H groups in total. The molecule has 0 saturated heterocycles. The van der Waals surface area contributed by atoms with Gasteiger partial charge in [-0.15, -0.1) is 23.7 Å². The molecular formula is C20H17Cl2FN4O2S. The highest BCUT2D eigenvalue weighted by Gasteiger charge is 2.14. The Labute approximate surface area is 187 Å². The Morgan fingerprint density at radius 3 is 2.70 bits per heavy atom. The fraction of sp³-hybridized carbons (Fsp3) is 0.150. The van der Waals surface area contributed by atoms with Crippen LogP contribution in [0.3, 0.4) is 0 Å². The summed E-state index contributed by atoms with van der Waals surface area (Å²) in [7, 11) is 1.55. The van der Waals surface area contributed by atoms with E-state index in [1.807, 2.05) is 12.3 Å². The van der Waals surface area contributed by atoms with Crippen LogP contribution in [0.15, 0.2) is 42.0 Å². The Morgan fingerprint density at radius 1 is 1.17 bits per heavy atom. The Kier molecular flexibility index (Phi) is 6.91. The molecule has 30 heavy (non-hydrogen) atoms. The highest BCUT2D eigenvalue weighted by atomic mass is 35.5. The fourth-order valence-electron chi connectivity index (χ4n) is 2.78. The highest BCUT2D eigenvalue weighted by Crippen LogP contribution is 2.35. The Balaban J connectivity index is 0.00000256. The average Bonchev–Trinajstić information content (AvgIpc) is 3.13.